The quantitative estimate of drug-likeness (QED) is 0.560. The molecule has 1 aliphatic heterocycles. The van der Waals surface area contributed by atoms with Crippen LogP contribution < -0.4 is 10.1 Å². The van der Waals surface area contributed by atoms with Gasteiger partial charge in [-0.1, -0.05) is 12.5 Å². The summed E-state index contributed by atoms with van der Waals surface area (Å²) in [5.41, 5.74) is 1.03. The number of carbonyl (C=O) groups is 1. The Balaban J connectivity index is 1.61. The molecule has 3 heterocycles. The lowest BCUT2D eigenvalue weighted by atomic mass is 10.2. The summed E-state index contributed by atoms with van der Waals surface area (Å²) in [5.74, 6) is -0.0539. The van der Waals surface area contributed by atoms with E-state index in [0.29, 0.717) is 29.3 Å². The Labute approximate surface area is 189 Å². The van der Waals surface area contributed by atoms with Crippen molar-refractivity contribution >= 4 is 44.3 Å². The zero-order chi connectivity index (χ0) is 22.0. The second-order valence-corrected chi connectivity index (χ2v) is 11.0. The molecule has 164 valence electrons. The van der Waals surface area contributed by atoms with Gasteiger partial charge in [-0.25, -0.2) is 13.4 Å². The largest absolute Gasteiger partial charge is 0.495 e. The summed E-state index contributed by atoms with van der Waals surface area (Å²) in [5, 5.41) is 5.58. The fraction of sp³-hybridized carbons (Fsp3) is 0.333. The predicted molar refractivity (Wildman–Crippen MR) is 124 cm³/mol. The van der Waals surface area contributed by atoms with E-state index in [4.69, 9.17) is 4.74 Å². The number of hydrogen-bond donors (Lipinski definition) is 1. The highest BCUT2D eigenvalue weighted by Crippen LogP contribution is 2.33. The molecule has 0 atom stereocenters. The molecule has 4 rings (SSSR count). The van der Waals surface area contributed by atoms with Crippen LogP contribution in [-0.2, 0) is 10.0 Å². The summed E-state index contributed by atoms with van der Waals surface area (Å²) < 4.78 is 33.2. The van der Waals surface area contributed by atoms with Crippen molar-refractivity contribution in [1.82, 2.24) is 9.29 Å². The van der Waals surface area contributed by atoms with Gasteiger partial charge in [0.05, 0.1) is 17.7 Å². The van der Waals surface area contributed by atoms with E-state index in [0.717, 1.165) is 29.1 Å². The Morgan fingerprint density at radius 1 is 1.19 bits per heavy atom. The standard InChI is InChI=1S/C21H23N3O4S3/c1-14-19(30-21(22-14)17-7-6-12-29-17)20(25)23-15-8-9-16(28-2)18(13-15)31(26,27)24-10-4-3-5-11-24/h6-9,12-13H,3-5,10-11H2,1-2H3,(H,23,25). The summed E-state index contributed by atoms with van der Waals surface area (Å²) >= 11 is 2.89. The number of amides is 1. The molecule has 1 aromatic carbocycles. The highest BCUT2D eigenvalue weighted by Gasteiger charge is 2.29. The van der Waals surface area contributed by atoms with Crippen molar-refractivity contribution in [2.45, 2.75) is 31.1 Å². The molecular weight excluding hydrogens is 454 g/mol. The number of sulfonamides is 1. The molecule has 0 spiro atoms. The first-order valence-electron chi connectivity index (χ1n) is 9.91. The molecule has 2 aromatic heterocycles. The number of nitrogens with one attached hydrogen (secondary N) is 1. The Kier molecular flexibility index (Phi) is 6.42. The van der Waals surface area contributed by atoms with Crippen LogP contribution in [0.4, 0.5) is 5.69 Å². The summed E-state index contributed by atoms with van der Waals surface area (Å²) in [6.07, 6.45) is 2.71. The van der Waals surface area contributed by atoms with Crippen LogP contribution in [0, 0.1) is 6.92 Å². The molecule has 1 fully saturated rings. The summed E-state index contributed by atoms with van der Waals surface area (Å²) in [4.78, 5) is 19.0. The van der Waals surface area contributed by atoms with E-state index < -0.39 is 10.0 Å². The molecule has 0 aliphatic carbocycles. The van der Waals surface area contributed by atoms with Gasteiger partial charge in [-0.05, 0) is 49.4 Å². The van der Waals surface area contributed by atoms with Crippen LogP contribution in [0.15, 0.2) is 40.6 Å². The van der Waals surface area contributed by atoms with Crippen molar-refractivity contribution in [3.8, 4) is 15.6 Å². The number of rotatable bonds is 6. The number of aryl methyl sites for hydroxylation is 1. The van der Waals surface area contributed by atoms with Crippen LogP contribution in [0.5, 0.6) is 5.75 Å². The molecule has 7 nitrogen and oxygen atoms in total. The minimum atomic E-state index is -3.71. The van der Waals surface area contributed by atoms with Crippen molar-refractivity contribution in [3.63, 3.8) is 0 Å². The van der Waals surface area contributed by atoms with Gasteiger partial charge in [0, 0.05) is 18.8 Å². The lowest BCUT2D eigenvalue weighted by molar-refractivity contribution is 0.102. The molecule has 1 amide bonds. The molecule has 0 bridgehead atoms. The first-order valence-corrected chi connectivity index (χ1v) is 13.0. The molecule has 0 radical (unpaired) electrons. The number of aromatic nitrogens is 1. The van der Waals surface area contributed by atoms with Gasteiger partial charge in [0.2, 0.25) is 10.0 Å². The Hall–Kier alpha value is -2.27. The third-order valence-electron chi connectivity index (χ3n) is 5.09. The molecule has 1 saturated heterocycles. The van der Waals surface area contributed by atoms with Crippen LogP contribution >= 0.6 is 22.7 Å². The SMILES string of the molecule is COc1ccc(NC(=O)c2sc(-c3cccs3)nc2C)cc1S(=O)(=O)N1CCCCC1. The molecule has 31 heavy (non-hydrogen) atoms. The van der Waals surface area contributed by atoms with Crippen molar-refractivity contribution in [2.24, 2.45) is 0 Å². The maximum Gasteiger partial charge on any atom is 0.267 e. The molecule has 1 aliphatic rings. The van der Waals surface area contributed by atoms with Gasteiger partial charge < -0.3 is 10.1 Å². The maximum absolute atomic E-state index is 13.2. The van der Waals surface area contributed by atoms with Crippen molar-refractivity contribution < 1.29 is 17.9 Å². The van der Waals surface area contributed by atoms with Crippen LogP contribution in [0.1, 0.15) is 34.6 Å². The predicted octanol–water partition coefficient (Wildman–Crippen LogP) is 4.62. The highest BCUT2D eigenvalue weighted by atomic mass is 32.2. The van der Waals surface area contributed by atoms with Gasteiger partial charge in [-0.15, -0.1) is 22.7 Å². The van der Waals surface area contributed by atoms with Gasteiger partial charge in [-0.2, -0.15) is 4.31 Å². The average molecular weight is 478 g/mol. The maximum atomic E-state index is 13.2. The number of thiazole rings is 1. The fourth-order valence-corrected chi connectivity index (χ4v) is 6.96. The van der Waals surface area contributed by atoms with E-state index in [-0.39, 0.29) is 16.6 Å². The second-order valence-electron chi connectivity index (χ2n) is 7.20. The van der Waals surface area contributed by atoms with E-state index in [1.54, 1.807) is 30.4 Å². The van der Waals surface area contributed by atoms with Crippen LogP contribution in [0.3, 0.4) is 0 Å². The number of hydrogen-bond acceptors (Lipinski definition) is 7. The van der Waals surface area contributed by atoms with E-state index in [1.165, 1.54) is 28.8 Å². The third kappa shape index (κ3) is 4.52. The average Bonchev–Trinajstić information content (AvgIpc) is 3.44. The zero-order valence-electron chi connectivity index (χ0n) is 17.3. The van der Waals surface area contributed by atoms with Crippen molar-refractivity contribution in [1.29, 1.82) is 0 Å². The fourth-order valence-electron chi connectivity index (χ4n) is 3.50. The molecule has 1 N–H and O–H groups in total. The van der Waals surface area contributed by atoms with Gasteiger partial charge in [0.25, 0.3) is 5.91 Å². The lowest BCUT2D eigenvalue weighted by Crippen LogP contribution is -2.35. The number of ether oxygens (including phenoxy) is 1. The van der Waals surface area contributed by atoms with Crippen molar-refractivity contribution in [3.05, 3.63) is 46.3 Å². The van der Waals surface area contributed by atoms with E-state index >= 15 is 0 Å². The highest BCUT2D eigenvalue weighted by molar-refractivity contribution is 7.89. The molecule has 3 aromatic rings. The molecule has 0 unspecified atom stereocenters. The topological polar surface area (TPSA) is 88.6 Å². The number of methoxy groups -OCH3 is 1. The third-order valence-corrected chi connectivity index (χ3v) is 9.20. The number of benzene rings is 1. The van der Waals surface area contributed by atoms with Gasteiger partial charge in [0.15, 0.2) is 0 Å². The summed E-state index contributed by atoms with van der Waals surface area (Å²) in [6.45, 7) is 2.78. The van der Waals surface area contributed by atoms with E-state index in [1.807, 2.05) is 17.5 Å². The lowest BCUT2D eigenvalue weighted by Gasteiger charge is -2.26. The Morgan fingerprint density at radius 2 is 1.97 bits per heavy atom. The molecular formula is C21H23N3O4S3. The van der Waals surface area contributed by atoms with Crippen LogP contribution in [0.25, 0.3) is 9.88 Å². The van der Waals surface area contributed by atoms with Gasteiger partial charge in [0.1, 0.15) is 20.5 Å². The Morgan fingerprint density at radius 3 is 2.65 bits per heavy atom. The first-order chi connectivity index (χ1) is 14.9. The minimum absolute atomic E-state index is 0.0648. The number of thiophene rings is 1. The molecule has 10 heteroatoms. The van der Waals surface area contributed by atoms with E-state index in [9.17, 15) is 13.2 Å². The minimum Gasteiger partial charge on any atom is -0.495 e. The van der Waals surface area contributed by atoms with Crippen molar-refractivity contribution in [2.75, 3.05) is 25.5 Å². The monoisotopic (exact) mass is 477 g/mol. The smallest absolute Gasteiger partial charge is 0.267 e. The number of piperidine rings is 1. The number of nitrogens with zero attached hydrogens (tertiary/aromatic N) is 2. The zero-order valence-corrected chi connectivity index (χ0v) is 19.7. The van der Waals surface area contributed by atoms with E-state index in [2.05, 4.69) is 10.3 Å². The number of anilines is 1. The molecule has 0 saturated carbocycles. The summed E-state index contributed by atoms with van der Waals surface area (Å²) in [6, 6.07) is 8.59. The number of carbonyl (C=O) groups excluding carboxylic acids is 1. The van der Waals surface area contributed by atoms with Gasteiger partial charge >= 0.3 is 0 Å². The van der Waals surface area contributed by atoms with Gasteiger partial charge in [-0.3, -0.25) is 4.79 Å². The Bertz CT molecular complexity index is 1180. The normalized spacial score (nSPS) is 15.0. The first kappa shape index (κ1) is 21.9. The second kappa shape index (κ2) is 9.07. The van der Waals surface area contributed by atoms with Crippen LogP contribution in [-0.4, -0.2) is 43.8 Å². The van der Waals surface area contributed by atoms with Crippen LogP contribution in [0.2, 0.25) is 0 Å². The summed E-state index contributed by atoms with van der Waals surface area (Å²) in [7, 11) is -2.27.